The summed E-state index contributed by atoms with van der Waals surface area (Å²) >= 11 is 0. The lowest BCUT2D eigenvalue weighted by molar-refractivity contribution is 0.0505. The number of benzene rings is 1. The van der Waals surface area contributed by atoms with Crippen molar-refractivity contribution < 1.29 is 4.74 Å². The fourth-order valence-electron chi connectivity index (χ4n) is 4.01. The number of hydrogen-bond acceptors (Lipinski definition) is 3. The standard InChI is InChI=1S/C28H44N2O/c1-4-7-8-9-10-11-12-13-14-15-16-24-22-29-28(30-23-24)26-19-17-25(18-20-26)27(6-3)31-21-5-2/h17-20,22-23,27H,4-16,21H2,1-3H3. The fourth-order valence-corrected chi connectivity index (χ4v) is 4.01. The summed E-state index contributed by atoms with van der Waals surface area (Å²) < 4.78 is 5.94. The van der Waals surface area contributed by atoms with Gasteiger partial charge in [-0.25, -0.2) is 9.97 Å². The Kier molecular flexibility index (Phi) is 13.1. The summed E-state index contributed by atoms with van der Waals surface area (Å²) in [6, 6.07) is 8.54. The predicted molar refractivity (Wildman–Crippen MR) is 132 cm³/mol. The molecular formula is C28H44N2O. The molecule has 1 atom stereocenters. The first kappa shape index (κ1) is 25.5. The van der Waals surface area contributed by atoms with Gasteiger partial charge in [-0.1, -0.05) is 103 Å². The lowest BCUT2D eigenvalue weighted by Crippen LogP contribution is -2.04. The van der Waals surface area contributed by atoms with Crippen molar-refractivity contribution in [2.24, 2.45) is 0 Å². The van der Waals surface area contributed by atoms with Gasteiger partial charge in [0.05, 0.1) is 6.10 Å². The highest BCUT2D eigenvalue weighted by Crippen LogP contribution is 2.24. The normalized spacial score (nSPS) is 12.2. The zero-order valence-corrected chi connectivity index (χ0v) is 20.2. The summed E-state index contributed by atoms with van der Waals surface area (Å²) in [4.78, 5) is 9.23. The minimum Gasteiger partial charge on any atom is -0.374 e. The average molecular weight is 425 g/mol. The molecule has 1 aromatic heterocycles. The molecule has 0 aliphatic carbocycles. The molecule has 0 saturated carbocycles. The number of unbranched alkanes of at least 4 members (excludes halogenated alkanes) is 9. The molecule has 1 unspecified atom stereocenters. The summed E-state index contributed by atoms with van der Waals surface area (Å²) in [5.74, 6) is 0.806. The van der Waals surface area contributed by atoms with Crippen LogP contribution in [0.1, 0.15) is 115 Å². The summed E-state index contributed by atoms with van der Waals surface area (Å²) in [5.41, 5.74) is 3.55. The lowest BCUT2D eigenvalue weighted by atomic mass is 10.0. The van der Waals surface area contributed by atoms with Crippen molar-refractivity contribution in [2.45, 2.75) is 110 Å². The van der Waals surface area contributed by atoms with Crippen molar-refractivity contribution in [3.8, 4) is 11.4 Å². The minimum absolute atomic E-state index is 0.179. The van der Waals surface area contributed by atoms with E-state index in [0.29, 0.717) is 0 Å². The van der Waals surface area contributed by atoms with Gasteiger partial charge in [-0.05, 0) is 36.8 Å². The van der Waals surface area contributed by atoms with E-state index in [0.717, 1.165) is 37.3 Å². The van der Waals surface area contributed by atoms with E-state index in [9.17, 15) is 0 Å². The van der Waals surface area contributed by atoms with Crippen molar-refractivity contribution in [2.75, 3.05) is 6.61 Å². The lowest BCUT2D eigenvalue weighted by Gasteiger charge is -2.16. The van der Waals surface area contributed by atoms with Crippen LogP contribution < -0.4 is 0 Å². The van der Waals surface area contributed by atoms with Crippen LogP contribution in [0.5, 0.6) is 0 Å². The van der Waals surface area contributed by atoms with Gasteiger partial charge in [-0.3, -0.25) is 0 Å². The van der Waals surface area contributed by atoms with E-state index in [4.69, 9.17) is 4.74 Å². The molecule has 0 saturated heterocycles. The van der Waals surface area contributed by atoms with Crippen LogP contribution in [0.4, 0.5) is 0 Å². The fraction of sp³-hybridized carbons (Fsp3) is 0.643. The number of hydrogen-bond donors (Lipinski definition) is 0. The van der Waals surface area contributed by atoms with Crippen LogP contribution in [0.15, 0.2) is 36.7 Å². The van der Waals surface area contributed by atoms with Gasteiger partial charge < -0.3 is 4.74 Å². The molecule has 0 amide bonds. The van der Waals surface area contributed by atoms with Gasteiger partial charge in [0.1, 0.15) is 0 Å². The number of aryl methyl sites for hydroxylation is 1. The Morgan fingerprint density at radius 1 is 0.710 bits per heavy atom. The van der Waals surface area contributed by atoms with Crippen molar-refractivity contribution in [3.05, 3.63) is 47.8 Å². The third-order valence-corrected chi connectivity index (χ3v) is 5.96. The van der Waals surface area contributed by atoms with Crippen LogP contribution in [0.2, 0.25) is 0 Å². The van der Waals surface area contributed by atoms with Gasteiger partial charge in [-0.2, -0.15) is 0 Å². The Morgan fingerprint density at radius 3 is 1.84 bits per heavy atom. The molecule has 0 spiro atoms. The van der Waals surface area contributed by atoms with E-state index in [1.807, 2.05) is 12.4 Å². The van der Waals surface area contributed by atoms with Crippen LogP contribution in [0.25, 0.3) is 11.4 Å². The number of nitrogens with zero attached hydrogens (tertiary/aromatic N) is 2. The van der Waals surface area contributed by atoms with Gasteiger partial charge in [-0.15, -0.1) is 0 Å². The number of aromatic nitrogens is 2. The first-order valence-electron chi connectivity index (χ1n) is 12.8. The average Bonchev–Trinajstić information content (AvgIpc) is 2.81. The summed E-state index contributed by atoms with van der Waals surface area (Å²) in [6.07, 6.45) is 21.0. The molecule has 1 aromatic carbocycles. The van der Waals surface area contributed by atoms with Crippen LogP contribution in [-0.2, 0) is 11.2 Å². The van der Waals surface area contributed by atoms with Gasteiger partial charge in [0.15, 0.2) is 5.82 Å². The van der Waals surface area contributed by atoms with Crippen molar-refractivity contribution in [3.63, 3.8) is 0 Å². The molecule has 2 aromatic rings. The van der Waals surface area contributed by atoms with Gasteiger partial charge in [0.2, 0.25) is 0 Å². The monoisotopic (exact) mass is 424 g/mol. The zero-order valence-electron chi connectivity index (χ0n) is 20.2. The first-order valence-corrected chi connectivity index (χ1v) is 12.8. The third-order valence-electron chi connectivity index (χ3n) is 5.96. The van der Waals surface area contributed by atoms with E-state index >= 15 is 0 Å². The Morgan fingerprint density at radius 2 is 1.29 bits per heavy atom. The maximum Gasteiger partial charge on any atom is 0.159 e. The molecule has 0 bridgehead atoms. The predicted octanol–water partition coefficient (Wildman–Crippen LogP) is 8.48. The van der Waals surface area contributed by atoms with Gasteiger partial charge >= 0.3 is 0 Å². The first-order chi connectivity index (χ1) is 15.3. The van der Waals surface area contributed by atoms with Crippen LogP contribution in [0.3, 0.4) is 0 Å². The van der Waals surface area contributed by atoms with Crippen LogP contribution >= 0.6 is 0 Å². The quantitative estimate of drug-likeness (QED) is 0.239. The van der Waals surface area contributed by atoms with E-state index < -0.39 is 0 Å². The second-order valence-corrected chi connectivity index (χ2v) is 8.74. The molecular weight excluding hydrogens is 380 g/mol. The topological polar surface area (TPSA) is 35.0 Å². The second-order valence-electron chi connectivity index (χ2n) is 8.74. The van der Waals surface area contributed by atoms with Crippen molar-refractivity contribution in [1.82, 2.24) is 9.97 Å². The molecule has 0 N–H and O–H groups in total. The maximum absolute atomic E-state index is 5.94. The van der Waals surface area contributed by atoms with Crippen LogP contribution in [0, 0.1) is 0 Å². The van der Waals surface area contributed by atoms with E-state index in [2.05, 4.69) is 55.0 Å². The Hall–Kier alpha value is -1.74. The minimum atomic E-state index is 0.179. The van der Waals surface area contributed by atoms with E-state index in [-0.39, 0.29) is 6.10 Å². The maximum atomic E-state index is 5.94. The van der Waals surface area contributed by atoms with Gasteiger partial charge in [0, 0.05) is 24.6 Å². The Bertz CT molecular complexity index is 681. The Balaban J connectivity index is 1.69. The molecule has 0 aliphatic rings. The van der Waals surface area contributed by atoms with E-state index in [1.165, 1.54) is 75.3 Å². The summed E-state index contributed by atoms with van der Waals surface area (Å²) in [5, 5.41) is 0. The summed E-state index contributed by atoms with van der Waals surface area (Å²) in [6.45, 7) is 7.41. The van der Waals surface area contributed by atoms with Crippen molar-refractivity contribution >= 4 is 0 Å². The number of rotatable bonds is 17. The van der Waals surface area contributed by atoms with Crippen molar-refractivity contribution in [1.29, 1.82) is 0 Å². The molecule has 0 aliphatic heterocycles. The highest BCUT2D eigenvalue weighted by molar-refractivity contribution is 5.55. The second kappa shape index (κ2) is 16.0. The Labute approximate surface area is 191 Å². The highest BCUT2D eigenvalue weighted by Gasteiger charge is 2.10. The third kappa shape index (κ3) is 9.95. The molecule has 0 fully saturated rings. The molecule has 3 nitrogen and oxygen atoms in total. The molecule has 3 heteroatoms. The SMILES string of the molecule is CCCCCCCCCCCCc1cnc(-c2ccc(C(CC)OCCC)cc2)nc1. The number of ether oxygens (including phenoxy) is 1. The zero-order chi connectivity index (χ0) is 22.2. The molecule has 1 heterocycles. The van der Waals surface area contributed by atoms with Gasteiger partial charge in [0.25, 0.3) is 0 Å². The van der Waals surface area contributed by atoms with E-state index in [1.54, 1.807) is 0 Å². The molecule has 2 rings (SSSR count). The smallest absolute Gasteiger partial charge is 0.159 e. The molecule has 172 valence electrons. The largest absolute Gasteiger partial charge is 0.374 e. The van der Waals surface area contributed by atoms with Crippen LogP contribution in [-0.4, -0.2) is 16.6 Å². The molecule has 0 radical (unpaired) electrons. The summed E-state index contributed by atoms with van der Waals surface area (Å²) in [7, 11) is 0. The molecule has 31 heavy (non-hydrogen) atoms. The highest BCUT2D eigenvalue weighted by atomic mass is 16.5.